The molecule has 2 aromatic rings. The first-order chi connectivity index (χ1) is 15.8. The molecule has 1 saturated heterocycles. The summed E-state index contributed by atoms with van der Waals surface area (Å²) in [6, 6.07) is 16.9. The molecule has 166 valence electrons. The van der Waals surface area contributed by atoms with Gasteiger partial charge in [-0.3, -0.25) is 4.90 Å². The SMILES string of the molecule is C=CCCCCC1=CC2COCC(C1)N2C(=O)OCC1c2ccccc2-c2ccccc21. The van der Waals surface area contributed by atoms with Gasteiger partial charge in [-0.05, 0) is 54.4 Å². The number of nitrogens with zero attached hydrogens (tertiary/aromatic N) is 1. The van der Waals surface area contributed by atoms with Gasteiger partial charge in [0.1, 0.15) is 6.61 Å². The molecule has 2 aliphatic heterocycles. The quantitative estimate of drug-likeness (QED) is 0.395. The van der Waals surface area contributed by atoms with Gasteiger partial charge in [0.05, 0.1) is 25.3 Å². The van der Waals surface area contributed by atoms with E-state index in [1.165, 1.54) is 40.7 Å². The smallest absolute Gasteiger partial charge is 0.410 e. The second kappa shape index (κ2) is 9.33. The van der Waals surface area contributed by atoms with Gasteiger partial charge in [0.15, 0.2) is 0 Å². The Kier molecular flexibility index (Phi) is 6.13. The van der Waals surface area contributed by atoms with Gasteiger partial charge in [-0.25, -0.2) is 4.79 Å². The van der Waals surface area contributed by atoms with Gasteiger partial charge >= 0.3 is 6.09 Å². The molecule has 0 N–H and O–H groups in total. The van der Waals surface area contributed by atoms with Crippen molar-refractivity contribution in [3.63, 3.8) is 0 Å². The summed E-state index contributed by atoms with van der Waals surface area (Å²) in [6.45, 7) is 5.31. The second-order valence-corrected chi connectivity index (χ2v) is 9.03. The number of carbonyl (C=O) groups excluding carboxylic acids is 1. The van der Waals surface area contributed by atoms with Crippen LogP contribution in [0, 0.1) is 0 Å². The van der Waals surface area contributed by atoms with E-state index in [1.807, 2.05) is 11.0 Å². The molecule has 3 aliphatic rings. The summed E-state index contributed by atoms with van der Waals surface area (Å²) in [7, 11) is 0. The standard InChI is InChI=1S/C28H31NO3/c1-2-3-4-5-10-20-15-21-17-31-18-22(16-20)29(21)28(30)32-19-27-25-13-8-6-11-23(25)24-12-7-9-14-26(24)27/h2,6-9,11-15,21-22,27H,1,3-5,10,16-19H2. The highest BCUT2D eigenvalue weighted by atomic mass is 16.6. The number of ether oxygens (including phenoxy) is 2. The summed E-state index contributed by atoms with van der Waals surface area (Å²) in [5.41, 5.74) is 6.43. The first-order valence-electron chi connectivity index (χ1n) is 11.8. The molecule has 4 nitrogen and oxygen atoms in total. The number of rotatable bonds is 7. The summed E-state index contributed by atoms with van der Waals surface area (Å²) in [6.07, 6.45) is 9.39. The maximum absolute atomic E-state index is 13.2. The normalized spacial score (nSPS) is 21.5. The van der Waals surface area contributed by atoms with E-state index in [0.29, 0.717) is 19.8 Å². The van der Waals surface area contributed by atoms with E-state index in [4.69, 9.17) is 9.47 Å². The van der Waals surface area contributed by atoms with Crippen molar-refractivity contribution in [2.24, 2.45) is 0 Å². The fraction of sp³-hybridized carbons (Fsp3) is 0.393. The molecule has 2 heterocycles. The zero-order valence-corrected chi connectivity index (χ0v) is 18.5. The van der Waals surface area contributed by atoms with Crippen LogP contribution in [-0.2, 0) is 9.47 Å². The Morgan fingerprint density at radius 1 is 1.06 bits per heavy atom. The van der Waals surface area contributed by atoms with Crippen LogP contribution in [0.1, 0.15) is 49.1 Å². The molecule has 2 atom stereocenters. The molecule has 0 aromatic heterocycles. The van der Waals surface area contributed by atoms with Gasteiger partial charge in [-0.15, -0.1) is 6.58 Å². The van der Waals surface area contributed by atoms with E-state index in [2.05, 4.69) is 61.2 Å². The lowest BCUT2D eigenvalue weighted by atomic mass is 9.91. The highest BCUT2D eigenvalue weighted by Gasteiger charge is 2.39. The second-order valence-electron chi connectivity index (χ2n) is 9.03. The number of hydrogen-bond acceptors (Lipinski definition) is 3. The lowest BCUT2D eigenvalue weighted by Crippen LogP contribution is -2.56. The van der Waals surface area contributed by atoms with E-state index in [-0.39, 0.29) is 24.1 Å². The predicted molar refractivity (Wildman–Crippen MR) is 127 cm³/mol. The average molecular weight is 430 g/mol. The van der Waals surface area contributed by atoms with Crippen molar-refractivity contribution in [1.82, 2.24) is 4.90 Å². The Morgan fingerprint density at radius 3 is 2.47 bits per heavy atom. The molecule has 2 unspecified atom stereocenters. The van der Waals surface area contributed by atoms with Crippen molar-refractivity contribution in [3.8, 4) is 11.1 Å². The Labute approximate surface area is 190 Å². The van der Waals surface area contributed by atoms with Crippen LogP contribution in [0.15, 0.2) is 72.8 Å². The maximum atomic E-state index is 13.2. The molecule has 1 aliphatic carbocycles. The molecule has 0 radical (unpaired) electrons. The number of hydrogen-bond donors (Lipinski definition) is 0. The van der Waals surface area contributed by atoms with Crippen LogP contribution in [0.5, 0.6) is 0 Å². The van der Waals surface area contributed by atoms with Gasteiger partial charge in [0.2, 0.25) is 0 Å². The molecular formula is C28H31NO3. The molecule has 5 rings (SSSR count). The summed E-state index contributed by atoms with van der Waals surface area (Å²) < 4.78 is 11.7. The van der Waals surface area contributed by atoms with Crippen molar-refractivity contribution < 1.29 is 14.3 Å². The number of fused-ring (bicyclic) bond motifs is 5. The fourth-order valence-corrected chi connectivity index (χ4v) is 5.46. The van der Waals surface area contributed by atoms with Crippen molar-refractivity contribution >= 4 is 6.09 Å². The van der Waals surface area contributed by atoms with Crippen molar-refractivity contribution in [1.29, 1.82) is 0 Å². The number of unbranched alkanes of at least 4 members (excludes halogenated alkanes) is 2. The molecule has 2 bridgehead atoms. The van der Waals surface area contributed by atoms with Crippen molar-refractivity contribution in [2.45, 2.75) is 50.1 Å². The minimum absolute atomic E-state index is 0.0208. The maximum Gasteiger partial charge on any atom is 0.410 e. The van der Waals surface area contributed by atoms with E-state index in [0.717, 1.165) is 19.3 Å². The summed E-state index contributed by atoms with van der Waals surface area (Å²) in [5.74, 6) is 0.0863. The average Bonchev–Trinajstić information content (AvgIpc) is 3.13. The molecule has 1 amide bonds. The summed E-state index contributed by atoms with van der Waals surface area (Å²) >= 11 is 0. The zero-order valence-electron chi connectivity index (χ0n) is 18.5. The van der Waals surface area contributed by atoms with E-state index in [9.17, 15) is 4.79 Å². The van der Waals surface area contributed by atoms with Crippen LogP contribution in [0.25, 0.3) is 11.1 Å². The Bertz CT molecular complexity index is 981. The lowest BCUT2D eigenvalue weighted by molar-refractivity contribution is -0.0365. The van der Waals surface area contributed by atoms with E-state index >= 15 is 0 Å². The first-order valence-corrected chi connectivity index (χ1v) is 11.8. The fourth-order valence-electron chi connectivity index (χ4n) is 5.46. The molecular weight excluding hydrogens is 398 g/mol. The zero-order chi connectivity index (χ0) is 21.9. The Morgan fingerprint density at radius 2 is 1.78 bits per heavy atom. The first kappa shape index (κ1) is 21.0. The molecule has 2 aromatic carbocycles. The number of morpholine rings is 1. The topological polar surface area (TPSA) is 38.8 Å². The van der Waals surface area contributed by atoms with E-state index < -0.39 is 0 Å². The van der Waals surface area contributed by atoms with Crippen LogP contribution in [0.3, 0.4) is 0 Å². The number of allylic oxidation sites excluding steroid dienone is 1. The molecule has 32 heavy (non-hydrogen) atoms. The van der Waals surface area contributed by atoms with Gasteiger partial charge in [-0.1, -0.05) is 66.3 Å². The number of benzene rings is 2. The minimum atomic E-state index is -0.216. The highest BCUT2D eigenvalue weighted by Crippen LogP contribution is 2.44. The van der Waals surface area contributed by atoms with Gasteiger partial charge in [0.25, 0.3) is 0 Å². The monoisotopic (exact) mass is 429 g/mol. The van der Waals surface area contributed by atoms with Gasteiger partial charge in [0, 0.05) is 5.92 Å². The van der Waals surface area contributed by atoms with E-state index in [1.54, 1.807) is 0 Å². The largest absolute Gasteiger partial charge is 0.448 e. The molecule has 4 heteroatoms. The molecule has 0 saturated carbocycles. The summed E-state index contributed by atoms with van der Waals surface area (Å²) in [5, 5.41) is 0. The van der Waals surface area contributed by atoms with Gasteiger partial charge < -0.3 is 9.47 Å². The third-order valence-corrected chi connectivity index (χ3v) is 6.98. The van der Waals surface area contributed by atoms with Gasteiger partial charge in [-0.2, -0.15) is 0 Å². The van der Waals surface area contributed by atoms with Crippen LogP contribution in [0.2, 0.25) is 0 Å². The third kappa shape index (κ3) is 4.00. The van der Waals surface area contributed by atoms with Crippen LogP contribution in [-0.4, -0.2) is 42.9 Å². The highest BCUT2D eigenvalue weighted by molar-refractivity contribution is 5.79. The van der Waals surface area contributed by atoms with Crippen LogP contribution in [0.4, 0.5) is 4.79 Å². The number of amides is 1. The summed E-state index contributed by atoms with van der Waals surface area (Å²) in [4.78, 5) is 15.1. The van der Waals surface area contributed by atoms with Crippen LogP contribution < -0.4 is 0 Å². The predicted octanol–water partition coefficient (Wildman–Crippen LogP) is 6.08. The Hall–Kier alpha value is -2.85. The number of carbonyl (C=O) groups is 1. The Balaban J connectivity index is 1.27. The van der Waals surface area contributed by atoms with Crippen molar-refractivity contribution in [3.05, 3.63) is 84.0 Å². The molecule has 0 spiro atoms. The molecule has 1 fully saturated rings. The van der Waals surface area contributed by atoms with Crippen LogP contribution >= 0.6 is 0 Å². The lowest BCUT2D eigenvalue weighted by Gasteiger charge is -2.44. The third-order valence-electron chi connectivity index (χ3n) is 6.98. The minimum Gasteiger partial charge on any atom is -0.448 e. The van der Waals surface area contributed by atoms with Crippen molar-refractivity contribution in [2.75, 3.05) is 19.8 Å².